The van der Waals surface area contributed by atoms with Crippen LogP contribution in [0, 0.1) is 6.92 Å². The Morgan fingerprint density at radius 1 is 1.50 bits per heavy atom. The molecule has 0 atom stereocenters. The number of carbonyl (C=O) groups excluding carboxylic acids is 1. The van der Waals surface area contributed by atoms with Gasteiger partial charge in [0.05, 0.1) is 12.3 Å². The highest BCUT2D eigenvalue weighted by Gasteiger charge is 2.22. The van der Waals surface area contributed by atoms with Gasteiger partial charge in [-0.05, 0) is 13.8 Å². The van der Waals surface area contributed by atoms with Crippen LogP contribution in [0.4, 0.5) is 0 Å². The second-order valence-corrected chi connectivity index (χ2v) is 6.24. The quantitative estimate of drug-likeness (QED) is 0.784. The molecule has 0 aliphatic rings. The number of fused-ring (bicyclic) bond motifs is 1. The maximum atomic E-state index is 11.8. The molecule has 2 rings (SSSR count). The Labute approximate surface area is 111 Å². The molecule has 2 aromatic rings. The van der Waals surface area contributed by atoms with E-state index in [-0.39, 0.29) is 11.4 Å². The van der Waals surface area contributed by atoms with Crippen molar-refractivity contribution in [3.8, 4) is 0 Å². The van der Waals surface area contributed by atoms with E-state index in [4.69, 9.17) is 4.74 Å². The fraction of sp³-hybridized carbons (Fsp3) is 0.538. The Hall–Kier alpha value is -1.36. The number of hydrogen-bond acceptors (Lipinski definition) is 4. The molecule has 2 heterocycles. The van der Waals surface area contributed by atoms with E-state index in [2.05, 4.69) is 25.8 Å². The summed E-state index contributed by atoms with van der Waals surface area (Å²) < 4.78 is 7.01. The largest absolute Gasteiger partial charge is 0.462 e. The van der Waals surface area contributed by atoms with Crippen molar-refractivity contribution in [3.63, 3.8) is 0 Å². The molecule has 2 aromatic heterocycles. The fourth-order valence-electron chi connectivity index (χ4n) is 1.70. The number of carbonyl (C=O) groups is 1. The zero-order chi connectivity index (χ0) is 13.5. The van der Waals surface area contributed by atoms with Crippen LogP contribution in [0.5, 0.6) is 0 Å². The summed E-state index contributed by atoms with van der Waals surface area (Å²) in [5.74, 6) is -0.261. The van der Waals surface area contributed by atoms with Crippen molar-refractivity contribution >= 4 is 22.3 Å². The second-order valence-electron chi connectivity index (χ2n) is 5.27. The maximum Gasteiger partial charge on any atom is 0.350 e. The zero-order valence-electron chi connectivity index (χ0n) is 11.4. The molecule has 18 heavy (non-hydrogen) atoms. The molecular formula is C13H18N2O2S. The number of ether oxygens (including phenoxy) is 1. The van der Waals surface area contributed by atoms with Crippen LogP contribution in [0.15, 0.2) is 6.20 Å². The maximum absolute atomic E-state index is 11.8. The first-order chi connectivity index (χ1) is 8.34. The number of esters is 1. The summed E-state index contributed by atoms with van der Waals surface area (Å²) in [6.45, 7) is 10.5. The minimum absolute atomic E-state index is 0.0161. The third-order valence-electron chi connectivity index (χ3n) is 2.79. The third-order valence-corrected chi connectivity index (χ3v) is 3.92. The standard InChI is InChI=1S/C13H18N2O2S/c1-6-17-11(16)10-8(2)15-7-9(13(3,4)5)14-12(15)18-10/h7H,6H2,1-5H3. The predicted octanol–water partition coefficient (Wildman–Crippen LogP) is 3.18. The van der Waals surface area contributed by atoms with Gasteiger partial charge in [0.2, 0.25) is 0 Å². The Balaban J connectivity index is 2.48. The molecule has 0 saturated carbocycles. The van der Waals surface area contributed by atoms with Crippen LogP contribution >= 0.6 is 11.3 Å². The van der Waals surface area contributed by atoms with Crippen LogP contribution in [0.3, 0.4) is 0 Å². The van der Waals surface area contributed by atoms with Crippen LogP contribution in [0.2, 0.25) is 0 Å². The Morgan fingerprint density at radius 2 is 2.17 bits per heavy atom. The van der Waals surface area contributed by atoms with Crippen LogP contribution in [-0.2, 0) is 10.2 Å². The lowest BCUT2D eigenvalue weighted by Crippen LogP contribution is -2.11. The zero-order valence-corrected chi connectivity index (χ0v) is 12.2. The highest BCUT2D eigenvalue weighted by molar-refractivity contribution is 7.19. The van der Waals surface area contributed by atoms with Gasteiger partial charge in [0.1, 0.15) is 4.88 Å². The van der Waals surface area contributed by atoms with Crippen LogP contribution < -0.4 is 0 Å². The number of imidazole rings is 1. The summed E-state index contributed by atoms with van der Waals surface area (Å²) in [5.41, 5.74) is 1.95. The number of nitrogens with zero attached hydrogens (tertiary/aromatic N) is 2. The normalized spacial score (nSPS) is 12.1. The van der Waals surface area contributed by atoms with Crippen molar-refractivity contribution in [2.45, 2.75) is 40.0 Å². The first kappa shape index (κ1) is 13.1. The van der Waals surface area contributed by atoms with Gasteiger partial charge in [-0.15, -0.1) is 0 Å². The SMILES string of the molecule is CCOC(=O)c1sc2nc(C(C)(C)C)cn2c1C. The van der Waals surface area contributed by atoms with Gasteiger partial charge in [-0.25, -0.2) is 9.78 Å². The van der Waals surface area contributed by atoms with Gasteiger partial charge < -0.3 is 4.74 Å². The van der Waals surface area contributed by atoms with E-state index in [0.717, 1.165) is 16.3 Å². The number of aromatic nitrogens is 2. The Kier molecular flexibility index (Phi) is 3.19. The highest BCUT2D eigenvalue weighted by Crippen LogP contribution is 2.28. The fourth-order valence-corrected chi connectivity index (χ4v) is 2.70. The van der Waals surface area contributed by atoms with E-state index >= 15 is 0 Å². The molecule has 98 valence electrons. The van der Waals surface area contributed by atoms with E-state index in [1.165, 1.54) is 11.3 Å². The molecule has 4 nitrogen and oxygen atoms in total. The lowest BCUT2D eigenvalue weighted by Gasteiger charge is -2.13. The van der Waals surface area contributed by atoms with Gasteiger partial charge >= 0.3 is 5.97 Å². The van der Waals surface area contributed by atoms with Gasteiger partial charge in [-0.3, -0.25) is 4.40 Å². The number of rotatable bonds is 2. The molecular weight excluding hydrogens is 248 g/mol. The molecule has 0 N–H and O–H groups in total. The third kappa shape index (κ3) is 2.14. The van der Waals surface area contributed by atoms with Crippen molar-refractivity contribution in [3.05, 3.63) is 22.5 Å². The number of hydrogen-bond donors (Lipinski definition) is 0. The lowest BCUT2D eigenvalue weighted by atomic mass is 9.93. The van der Waals surface area contributed by atoms with Crippen molar-refractivity contribution < 1.29 is 9.53 Å². The van der Waals surface area contributed by atoms with Crippen LogP contribution in [-0.4, -0.2) is 22.0 Å². The molecule has 0 unspecified atom stereocenters. The number of thiazole rings is 1. The average Bonchev–Trinajstić information content (AvgIpc) is 2.78. The molecule has 0 saturated heterocycles. The van der Waals surface area contributed by atoms with Gasteiger partial charge in [0.25, 0.3) is 0 Å². The molecule has 0 bridgehead atoms. The first-order valence-corrected chi connectivity index (χ1v) is 6.82. The van der Waals surface area contributed by atoms with Crippen molar-refractivity contribution in [2.24, 2.45) is 0 Å². The lowest BCUT2D eigenvalue weighted by molar-refractivity contribution is 0.0531. The van der Waals surface area contributed by atoms with Gasteiger partial charge in [0.15, 0.2) is 4.96 Å². The molecule has 0 fully saturated rings. The molecule has 0 aromatic carbocycles. The summed E-state index contributed by atoms with van der Waals surface area (Å²) in [6, 6.07) is 0. The highest BCUT2D eigenvalue weighted by atomic mass is 32.1. The smallest absolute Gasteiger partial charge is 0.350 e. The molecule has 0 spiro atoms. The molecule has 5 heteroatoms. The molecule has 0 aliphatic heterocycles. The van der Waals surface area contributed by atoms with E-state index in [1.54, 1.807) is 0 Å². The van der Waals surface area contributed by atoms with Gasteiger partial charge in [-0.1, -0.05) is 32.1 Å². The molecule has 0 amide bonds. The first-order valence-electron chi connectivity index (χ1n) is 6.00. The number of aryl methyl sites for hydroxylation is 1. The van der Waals surface area contributed by atoms with E-state index in [9.17, 15) is 4.79 Å². The Morgan fingerprint density at radius 3 is 2.67 bits per heavy atom. The van der Waals surface area contributed by atoms with Crippen molar-refractivity contribution in [1.82, 2.24) is 9.38 Å². The van der Waals surface area contributed by atoms with Crippen molar-refractivity contribution in [1.29, 1.82) is 0 Å². The molecule has 0 aliphatic carbocycles. The minimum atomic E-state index is -0.261. The average molecular weight is 266 g/mol. The topological polar surface area (TPSA) is 43.6 Å². The Bertz CT molecular complexity index is 590. The van der Waals surface area contributed by atoms with Gasteiger partial charge in [0, 0.05) is 17.3 Å². The monoisotopic (exact) mass is 266 g/mol. The molecule has 0 radical (unpaired) electrons. The second kappa shape index (κ2) is 4.39. The summed E-state index contributed by atoms with van der Waals surface area (Å²) >= 11 is 1.39. The summed E-state index contributed by atoms with van der Waals surface area (Å²) in [7, 11) is 0. The van der Waals surface area contributed by atoms with Crippen LogP contribution in [0.25, 0.3) is 4.96 Å². The predicted molar refractivity (Wildman–Crippen MR) is 72.5 cm³/mol. The van der Waals surface area contributed by atoms with E-state index in [0.29, 0.717) is 11.5 Å². The summed E-state index contributed by atoms with van der Waals surface area (Å²) in [4.78, 5) is 17.8. The van der Waals surface area contributed by atoms with Crippen LogP contribution in [0.1, 0.15) is 48.8 Å². The van der Waals surface area contributed by atoms with Gasteiger partial charge in [-0.2, -0.15) is 0 Å². The van der Waals surface area contributed by atoms with Crippen molar-refractivity contribution in [2.75, 3.05) is 6.61 Å². The summed E-state index contributed by atoms with van der Waals surface area (Å²) in [6.07, 6.45) is 2.00. The van der Waals surface area contributed by atoms with E-state index in [1.807, 2.05) is 24.4 Å². The summed E-state index contributed by atoms with van der Waals surface area (Å²) in [5, 5.41) is 0. The minimum Gasteiger partial charge on any atom is -0.462 e. The van der Waals surface area contributed by atoms with E-state index < -0.39 is 0 Å².